The Morgan fingerprint density at radius 2 is 1.89 bits per heavy atom. The number of anilines is 1. The van der Waals surface area contributed by atoms with E-state index in [9.17, 15) is 9.59 Å². The zero-order valence-corrected chi connectivity index (χ0v) is 9.75. The summed E-state index contributed by atoms with van der Waals surface area (Å²) in [6.45, 7) is 0. The van der Waals surface area contributed by atoms with Crippen LogP contribution >= 0.6 is 0 Å². The highest BCUT2D eigenvalue weighted by atomic mass is 16.4. The lowest BCUT2D eigenvalue weighted by Gasteiger charge is -2.05. The van der Waals surface area contributed by atoms with Crippen molar-refractivity contribution >= 4 is 22.4 Å². The second kappa shape index (κ2) is 4.13. The predicted molar refractivity (Wildman–Crippen MR) is 69.0 cm³/mol. The summed E-state index contributed by atoms with van der Waals surface area (Å²) in [5, 5.41) is 0.525. The van der Waals surface area contributed by atoms with E-state index in [1.165, 1.54) is 12.3 Å². The topological polar surface area (TPSA) is 86.4 Å². The van der Waals surface area contributed by atoms with Crippen LogP contribution in [0.25, 0.3) is 11.0 Å². The highest BCUT2D eigenvalue weighted by Crippen LogP contribution is 2.23. The second-order valence-electron chi connectivity index (χ2n) is 3.98. The molecule has 5 heteroatoms. The minimum absolute atomic E-state index is 0.0503. The van der Waals surface area contributed by atoms with Gasteiger partial charge in [-0.05, 0) is 24.3 Å². The summed E-state index contributed by atoms with van der Waals surface area (Å²) in [5.74, 6) is -0.531. The van der Waals surface area contributed by atoms with Gasteiger partial charge in [0.15, 0.2) is 5.76 Å². The molecule has 0 aliphatic carbocycles. The maximum absolute atomic E-state index is 12.2. The number of nitrogens with two attached hydrogens (primary N) is 1. The average molecular weight is 255 g/mol. The van der Waals surface area contributed by atoms with Gasteiger partial charge in [-0.2, -0.15) is 0 Å². The lowest BCUT2D eigenvalue weighted by molar-refractivity contribution is 0.101. The third kappa shape index (κ3) is 1.72. The molecule has 0 unspecified atom stereocenters. The van der Waals surface area contributed by atoms with Crippen molar-refractivity contribution in [3.8, 4) is 0 Å². The molecule has 0 bridgehead atoms. The number of carbonyl (C=O) groups excluding carboxylic acids is 1. The van der Waals surface area contributed by atoms with Gasteiger partial charge in [0.25, 0.3) is 0 Å². The Balaban J connectivity index is 2.30. The van der Waals surface area contributed by atoms with Gasteiger partial charge in [-0.15, -0.1) is 0 Å². The first kappa shape index (κ1) is 11.3. The molecular weight excluding hydrogens is 246 g/mol. The van der Waals surface area contributed by atoms with E-state index >= 15 is 0 Å². The fraction of sp³-hybridized carbons (Fsp3) is 0. The average Bonchev–Trinajstić information content (AvgIpc) is 2.92. The summed E-state index contributed by atoms with van der Waals surface area (Å²) in [6, 6.07) is 9.81. The summed E-state index contributed by atoms with van der Waals surface area (Å²) in [7, 11) is 0. The summed E-state index contributed by atoms with van der Waals surface area (Å²) >= 11 is 0. The number of furan rings is 1. The van der Waals surface area contributed by atoms with Crippen LogP contribution in [0.4, 0.5) is 5.69 Å². The summed E-state index contributed by atoms with van der Waals surface area (Å²) in [5.41, 5.74) is 5.39. The predicted octanol–water partition coefficient (Wildman–Crippen LogP) is 2.20. The number of ketones is 1. The van der Waals surface area contributed by atoms with Gasteiger partial charge in [0, 0.05) is 5.39 Å². The lowest BCUT2D eigenvalue weighted by Crippen LogP contribution is -2.17. The molecule has 1 aromatic carbocycles. The van der Waals surface area contributed by atoms with E-state index in [-0.39, 0.29) is 17.0 Å². The third-order valence-electron chi connectivity index (χ3n) is 2.83. The van der Waals surface area contributed by atoms with E-state index in [2.05, 4.69) is 0 Å². The molecule has 0 fully saturated rings. The van der Waals surface area contributed by atoms with Crippen molar-refractivity contribution in [3.05, 3.63) is 64.4 Å². The number of benzene rings is 1. The molecule has 5 nitrogen and oxygen atoms in total. The first-order valence-corrected chi connectivity index (χ1v) is 5.58. The summed E-state index contributed by atoms with van der Waals surface area (Å²) in [6.07, 6.45) is 1.35. The molecule has 3 aromatic rings. The molecule has 2 heterocycles. The Morgan fingerprint density at radius 3 is 2.63 bits per heavy atom. The van der Waals surface area contributed by atoms with Crippen molar-refractivity contribution in [1.29, 1.82) is 0 Å². The Bertz CT molecular complexity index is 815. The molecule has 3 rings (SSSR count). The van der Waals surface area contributed by atoms with Crippen LogP contribution in [0.1, 0.15) is 16.1 Å². The quantitative estimate of drug-likeness (QED) is 0.560. The summed E-state index contributed by atoms with van der Waals surface area (Å²) in [4.78, 5) is 24.0. The number of nitrogen functional groups attached to an aromatic ring is 1. The van der Waals surface area contributed by atoms with Crippen LogP contribution < -0.4 is 11.4 Å². The molecule has 0 saturated carbocycles. The fourth-order valence-corrected chi connectivity index (χ4v) is 1.92. The molecule has 19 heavy (non-hydrogen) atoms. The van der Waals surface area contributed by atoms with E-state index in [4.69, 9.17) is 14.6 Å². The second-order valence-corrected chi connectivity index (χ2v) is 3.98. The molecule has 0 saturated heterocycles. The fourth-order valence-electron chi connectivity index (χ4n) is 1.92. The number of rotatable bonds is 2. The van der Waals surface area contributed by atoms with E-state index < -0.39 is 11.4 Å². The maximum Gasteiger partial charge on any atom is 0.349 e. The van der Waals surface area contributed by atoms with Crippen LogP contribution in [-0.4, -0.2) is 5.78 Å². The van der Waals surface area contributed by atoms with Gasteiger partial charge in [0.1, 0.15) is 11.1 Å². The molecule has 2 N–H and O–H groups in total. The van der Waals surface area contributed by atoms with E-state index in [1.807, 2.05) is 0 Å². The minimum atomic E-state index is -0.766. The highest BCUT2D eigenvalue weighted by molar-refractivity contribution is 6.13. The number of para-hydroxylation sites is 1. The Morgan fingerprint density at radius 1 is 1.11 bits per heavy atom. The lowest BCUT2D eigenvalue weighted by atomic mass is 10.1. The molecule has 0 aliphatic rings. The van der Waals surface area contributed by atoms with Crippen LogP contribution in [-0.2, 0) is 0 Å². The maximum atomic E-state index is 12.2. The monoisotopic (exact) mass is 255 g/mol. The summed E-state index contributed by atoms with van der Waals surface area (Å²) < 4.78 is 10.1. The Hall–Kier alpha value is -2.82. The highest BCUT2D eigenvalue weighted by Gasteiger charge is 2.22. The van der Waals surface area contributed by atoms with Crippen molar-refractivity contribution < 1.29 is 13.6 Å². The van der Waals surface area contributed by atoms with Crippen molar-refractivity contribution in [1.82, 2.24) is 0 Å². The number of hydrogen-bond donors (Lipinski definition) is 1. The van der Waals surface area contributed by atoms with Gasteiger partial charge in [-0.3, -0.25) is 4.79 Å². The molecule has 0 aliphatic heterocycles. The van der Waals surface area contributed by atoms with Gasteiger partial charge in [-0.25, -0.2) is 4.79 Å². The van der Waals surface area contributed by atoms with Gasteiger partial charge >= 0.3 is 5.63 Å². The van der Waals surface area contributed by atoms with Crippen molar-refractivity contribution in [3.63, 3.8) is 0 Å². The smallest absolute Gasteiger partial charge is 0.349 e. The van der Waals surface area contributed by atoms with Crippen LogP contribution in [0.15, 0.2) is 56.3 Å². The van der Waals surface area contributed by atoms with Gasteiger partial charge in [0.2, 0.25) is 5.78 Å². The third-order valence-corrected chi connectivity index (χ3v) is 2.83. The molecule has 0 spiro atoms. The van der Waals surface area contributed by atoms with Crippen LogP contribution in [0.2, 0.25) is 0 Å². The largest absolute Gasteiger partial charge is 0.461 e. The molecule has 0 amide bonds. The SMILES string of the molecule is Nc1c(C(=O)c2ccco2)c(=O)oc2ccccc12. The van der Waals surface area contributed by atoms with Crippen LogP contribution in [0.3, 0.4) is 0 Å². The molecule has 0 atom stereocenters. The molecular formula is C14H9NO4. The minimum Gasteiger partial charge on any atom is -0.461 e. The zero-order chi connectivity index (χ0) is 13.4. The van der Waals surface area contributed by atoms with Gasteiger partial charge < -0.3 is 14.6 Å². The number of carbonyl (C=O) groups is 1. The van der Waals surface area contributed by atoms with E-state index in [1.54, 1.807) is 30.3 Å². The van der Waals surface area contributed by atoms with Crippen molar-refractivity contribution in [2.45, 2.75) is 0 Å². The number of hydrogen-bond acceptors (Lipinski definition) is 5. The van der Waals surface area contributed by atoms with E-state index in [0.717, 1.165) is 0 Å². The van der Waals surface area contributed by atoms with Crippen molar-refractivity contribution in [2.75, 3.05) is 5.73 Å². The number of fused-ring (bicyclic) bond motifs is 1. The van der Waals surface area contributed by atoms with Crippen LogP contribution in [0, 0.1) is 0 Å². The zero-order valence-electron chi connectivity index (χ0n) is 9.75. The molecule has 2 aromatic heterocycles. The standard InChI is InChI=1S/C14H9NO4/c15-12-8-4-1-2-5-9(8)19-14(17)11(12)13(16)10-6-3-7-18-10/h1-7H,15H2. The Kier molecular flexibility index (Phi) is 2.45. The van der Waals surface area contributed by atoms with Gasteiger partial charge in [0.05, 0.1) is 12.0 Å². The molecule has 0 radical (unpaired) electrons. The van der Waals surface area contributed by atoms with Crippen molar-refractivity contribution in [2.24, 2.45) is 0 Å². The molecule has 94 valence electrons. The van der Waals surface area contributed by atoms with Gasteiger partial charge in [-0.1, -0.05) is 12.1 Å². The van der Waals surface area contributed by atoms with E-state index in [0.29, 0.717) is 11.0 Å². The normalized spacial score (nSPS) is 10.7. The Labute approximate surface area is 107 Å². The first-order chi connectivity index (χ1) is 9.18. The first-order valence-electron chi connectivity index (χ1n) is 5.58. The van der Waals surface area contributed by atoms with Crippen LogP contribution in [0.5, 0.6) is 0 Å².